The van der Waals surface area contributed by atoms with Gasteiger partial charge in [-0.3, -0.25) is 9.89 Å². The van der Waals surface area contributed by atoms with E-state index in [1.165, 1.54) is 6.92 Å². The number of H-pyrrole nitrogens is 1. The molecule has 0 unspecified atom stereocenters. The van der Waals surface area contributed by atoms with Crippen LogP contribution < -0.4 is 0 Å². The lowest BCUT2D eigenvalue weighted by molar-refractivity contribution is -0.144. The van der Waals surface area contributed by atoms with Gasteiger partial charge in [-0.15, -0.1) is 5.10 Å². The number of nitrogens with one attached hydrogen (secondary N) is 1. The van der Waals surface area contributed by atoms with Crippen LogP contribution in [0.2, 0.25) is 0 Å². The van der Waals surface area contributed by atoms with Crippen molar-refractivity contribution in [3.8, 4) is 0 Å². The quantitative estimate of drug-likeness (QED) is 0.722. The Bertz CT molecular complexity index is 317. The van der Waals surface area contributed by atoms with Crippen molar-refractivity contribution in [1.29, 1.82) is 0 Å². The lowest BCUT2D eigenvalue weighted by Gasteiger charge is -1.98. The Balaban J connectivity index is 2.93. The minimum Gasteiger partial charge on any atom is -0.291 e. The van der Waals surface area contributed by atoms with Gasteiger partial charge in [0, 0.05) is 6.42 Å². The first-order chi connectivity index (χ1) is 5.95. The van der Waals surface area contributed by atoms with Crippen molar-refractivity contribution in [1.82, 2.24) is 15.2 Å². The number of hydrogen-bond donors (Lipinski definition) is 1. The summed E-state index contributed by atoms with van der Waals surface area (Å²) in [7, 11) is 0. The fraction of sp³-hybridized carbons (Fsp3) is 0.500. The molecule has 1 aromatic heterocycles. The van der Waals surface area contributed by atoms with Gasteiger partial charge in [-0.1, -0.05) is 6.92 Å². The van der Waals surface area contributed by atoms with Gasteiger partial charge < -0.3 is 0 Å². The van der Waals surface area contributed by atoms with Gasteiger partial charge in [0.1, 0.15) is 0 Å². The lowest BCUT2D eigenvalue weighted by atomic mass is 10.3. The zero-order valence-electron chi connectivity index (χ0n) is 6.64. The molecule has 0 aliphatic rings. The third-order valence-corrected chi connectivity index (χ3v) is 1.32. The van der Waals surface area contributed by atoms with Gasteiger partial charge in [-0.2, -0.15) is 13.2 Å². The Kier molecular flexibility index (Phi) is 2.35. The third-order valence-electron chi connectivity index (χ3n) is 1.32. The van der Waals surface area contributed by atoms with Crippen LogP contribution in [0.1, 0.15) is 29.8 Å². The summed E-state index contributed by atoms with van der Waals surface area (Å²) in [5, 5.41) is 4.80. The molecule has 0 bridgehead atoms. The van der Waals surface area contributed by atoms with Crippen LogP contribution in [0.3, 0.4) is 0 Å². The number of aromatic amines is 1. The van der Waals surface area contributed by atoms with E-state index in [1.54, 1.807) is 5.10 Å². The number of rotatable bonds is 2. The summed E-state index contributed by atoms with van der Waals surface area (Å²) >= 11 is 0. The first kappa shape index (κ1) is 9.69. The topological polar surface area (TPSA) is 58.6 Å². The molecule has 0 spiro atoms. The second kappa shape index (κ2) is 3.15. The normalized spacial score (nSPS) is 11.7. The summed E-state index contributed by atoms with van der Waals surface area (Å²) in [6, 6.07) is 0. The number of nitrogens with zero attached hydrogens (tertiary/aromatic N) is 2. The van der Waals surface area contributed by atoms with Crippen molar-refractivity contribution in [3.05, 3.63) is 11.6 Å². The highest BCUT2D eigenvalue weighted by molar-refractivity contribution is 5.92. The van der Waals surface area contributed by atoms with Crippen molar-refractivity contribution < 1.29 is 18.0 Å². The van der Waals surface area contributed by atoms with E-state index >= 15 is 0 Å². The average Bonchev–Trinajstić information content (AvgIpc) is 2.50. The van der Waals surface area contributed by atoms with E-state index in [2.05, 4.69) is 10.1 Å². The predicted octanol–water partition coefficient (Wildman–Crippen LogP) is 1.42. The number of halogens is 3. The Morgan fingerprint density at radius 2 is 2.15 bits per heavy atom. The molecule has 0 amide bonds. The molecule has 0 fully saturated rings. The van der Waals surface area contributed by atoms with E-state index in [0.29, 0.717) is 0 Å². The molecule has 13 heavy (non-hydrogen) atoms. The fourth-order valence-corrected chi connectivity index (χ4v) is 0.671. The van der Waals surface area contributed by atoms with Crippen LogP contribution >= 0.6 is 0 Å². The van der Waals surface area contributed by atoms with Gasteiger partial charge >= 0.3 is 6.18 Å². The maximum Gasteiger partial charge on any atom is 0.451 e. The van der Waals surface area contributed by atoms with E-state index < -0.39 is 23.6 Å². The highest BCUT2D eigenvalue weighted by Gasteiger charge is 2.35. The first-order valence-corrected chi connectivity index (χ1v) is 3.48. The molecule has 1 heterocycles. The van der Waals surface area contributed by atoms with Crippen LogP contribution in [0.4, 0.5) is 13.2 Å². The third kappa shape index (κ3) is 2.04. The molecule has 1 rings (SSSR count). The van der Waals surface area contributed by atoms with Crippen LogP contribution in [0.5, 0.6) is 0 Å². The maximum atomic E-state index is 11.9. The van der Waals surface area contributed by atoms with Crippen LogP contribution in [-0.2, 0) is 6.18 Å². The summed E-state index contributed by atoms with van der Waals surface area (Å²) in [4.78, 5) is 13.9. The Hall–Kier alpha value is -1.40. The highest BCUT2D eigenvalue weighted by atomic mass is 19.4. The SMILES string of the molecule is CCC(=O)c1n[nH]c(C(F)(F)F)n1. The van der Waals surface area contributed by atoms with Gasteiger partial charge in [0.15, 0.2) is 0 Å². The molecule has 0 saturated carbocycles. The summed E-state index contributed by atoms with van der Waals surface area (Å²) in [6.07, 6.45) is -4.51. The van der Waals surface area contributed by atoms with Crippen LogP contribution in [0.15, 0.2) is 0 Å². The van der Waals surface area contributed by atoms with E-state index in [0.717, 1.165) is 0 Å². The molecule has 1 N–H and O–H groups in total. The molecule has 0 atom stereocenters. The molecule has 0 aromatic carbocycles. The number of carbonyl (C=O) groups excluding carboxylic acids is 1. The van der Waals surface area contributed by atoms with E-state index in [-0.39, 0.29) is 6.42 Å². The van der Waals surface area contributed by atoms with Crippen LogP contribution in [0.25, 0.3) is 0 Å². The second-order valence-electron chi connectivity index (χ2n) is 2.28. The van der Waals surface area contributed by atoms with E-state index in [1.807, 2.05) is 0 Å². The lowest BCUT2D eigenvalue weighted by Crippen LogP contribution is -2.08. The minimum absolute atomic E-state index is 0.0785. The molecule has 4 nitrogen and oxygen atoms in total. The zero-order valence-corrected chi connectivity index (χ0v) is 6.64. The Morgan fingerprint density at radius 1 is 1.54 bits per heavy atom. The zero-order chi connectivity index (χ0) is 10.1. The smallest absolute Gasteiger partial charge is 0.291 e. The number of carbonyl (C=O) groups is 1. The van der Waals surface area contributed by atoms with Gasteiger partial charge in [0.2, 0.25) is 17.4 Å². The number of aromatic nitrogens is 3. The van der Waals surface area contributed by atoms with Crippen molar-refractivity contribution >= 4 is 5.78 Å². The minimum atomic E-state index is -4.58. The van der Waals surface area contributed by atoms with E-state index in [9.17, 15) is 18.0 Å². The molecule has 72 valence electrons. The van der Waals surface area contributed by atoms with E-state index in [4.69, 9.17) is 0 Å². The molecular formula is C6H6F3N3O. The summed E-state index contributed by atoms with van der Waals surface area (Å²) in [5.74, 6) is -2.19. The molecule has 0 aliphatic heterocycles. The van der Waals surface area contributed by atoms with Crippen molar-refractivity contribution in [2.24, 2.45) is 0 Å². The highest BCUT2D eigenvalue weighted by Crippen LogP contribution is 2.25. The maximum absolute atomic E-state index is 11.9. The second-order valence-corrected chi connectivity index (χ2v) is 2.28. The fourth-order valence-electron chi connectivity index (χ4n) is 0.671. The molecule has 0 aliphatic carbocycles. The molecule has 0 radical (unpaired) electrons. The number of Topliss-reactive ketones (excluding diaryl/α,β-unsaturated/α-hetero) is 1. The van der Waals surface area contributed by atoms with Crippen molar-refractivity contribution in [2.45, 2.75) is 19.5 Å². The van der Waals surface area contributed by atoms with Gasteiger partial charge in [-0.25, -0.2) is 4.98 Å². The van der Waals surface area contributed by atoms with Crippen LogP contribution in [0, 0.1) is 0 Å². The van der Waals surface area contributed by atoms with Gasteiger partial charge in [0.05, 0.1) is 0 Å². The van der Waals surface area contributed by atoms with Crippen LogP contribution in [-0.4, -0.2) is 21.0 Å². The standard InChI is InChI=1S/C6H6F3N3O/c1-2-3(13)4-10-5(12-11-4)6(7,8)9/h2H2,1H3,(H,10,11,12). The summed E-state index contributed by atoms with van der Waals surface area (Å²) in [6.45, 7) is 1.52. The molecule has 0 saturated heterocycles. The number of hydrogen-bond acceptors (Lipinski definition) is 3. The van der Waals surface area contributed by atoms with Gasteiger partial charge in [-0.05, 0) is 0 Å². The number of ketones is 1. The first-order valence-electron chi connectivity index (χ1n) is 3.48. The molecule has 1 aromatic rings. The largest absolute Gasteiger partial charge is 0.451 e. The Morgan fingerprint density at radius 3 is 2.54 bits per heavy atom. The molecular weight excluding hydrogens is 187 g/mol. The summed E-state index contributed by atoms with van der Waals surface area (Å²) in [5.41, 5.74) is 0. The Labute approximate surface area is 71.2 Å². The molecule has 7 heteroatoms. The monoisotopic (exact) mass is 193 g/mol. The van der Waals surface area contributed by atoms with Gasteiger partial charge in [0.25, 0.3) is 0 Å². The van der Waals surface area contributed by atoms with Crippen molar-refractivity contribution in [2.75, 3.05) is 0 Å². The van der Waals surface area contributed by atoms with Crippen molar-refractivity contribution in [3.63, 3.8) is 0 Å². The summed E-state index contributed by atoms with van der Waals surface area (Å²) < 4.78 is 35.8. The number of alkyl halides is 3. The predicted molar refractivity (Wildman–Crippen MR) is 36.0 cm³/mol. The average molecular weight is 193 g/mol.